The normalized spacial score (nSPS) is 14.0. The molecule has 144 valence electrons. The third-order valence-electron chi connectivity index (χ3n) is 4.73. The maximum absolute atomic E-state index is 5.68. The lowest BCUT2D eigenvalue weighted by atomic mass is 10.1. The second kappa shape index (κ2) is 8.69. The van der Waals surface area contributed by atoms with Crippen molar-refractivity contribution in [2.24, 2.45) is 0 Å². The van der Waals surface area contributed by atoms with Gasteiger partial charge in [0.1, 0.15) is 0 Å². The molecule has 1 saturated heterocycles. The van der Waals surface area contributed by atoms with Crippen LogP contribution >= 0.6 is 0 Å². The third kappa shape index (κ3) is 4.06. The summed E-state index contributed by atoms with van der Waals surface area (Å²) in [5.41, 5.74) is 1.99. The highest BCUT2D eigenvalue weighted by Gasteiger charge is 2.21. The summed E-state index contributed by atoms with van der Waals surface area (Å²) in [5, 5.41) is 0. The van der Waals surface area contributed by atoms with Crippen LogP contribution in [0.2, 0.25) is 0 Å². The Morgan fingerprint density at radius 2 is 1.43 bits per heavy atom. The number of anilines is 4. The van der Waals surface area contributed by atoms with E-state index in [2.05, 4.69) is 39.1 Å². The zero-order valence-electron chi connectivity index (χ0n) is 16.2. The quantitative estimate of drug-likeness (QED) is 0.621. The van der Waals surface area contributed by atoms with E-state index in [0.717, 1.165) is 37.3 Å². The molecule has 0 N–H and O–H groups in total. The van der Waals surface area contributed by atoms with Crippen LogP contribution in [-0.4, -0.2) is 34.6 Å². The van der Waals surface area contributed by atoms with E-state index in [1.54, 1.807) is 0 Å². The molecule has 0 saturated carbocycles. The SMILES string of the molecule is CCOc1nc(N2CCCCC2)nc(N(c2ccccc2)c2ccccc2)n1. The lowest BCUT2D eigenvalue weighted by Gasteiger charge is -2.28. The molecule has 0 radical (unpaired) electrons. The topological polar surface area (TPSA) is 54.4 Å². The van der Waals surface area contributed by atoms with Gasteiger partial charge in [-0.25, -0.2) is 0 Å². The number of hydrogen-bond acceptors (Lipinski definition) is 6. The van der Waals surface area contributed by atoms with Crippen molar-refractivity contribution < 1.29 is 4.74 Å². The largest absolute Gasteiger partial charge is 0.464 e. The van der Waals surface area contributed by atoms with E-state index in [1.165, 1.54) is 6.42 Å². The fourth-order valence-corrected chi connectivity index (χ4v) is 3.40. The summed E-state index contributed by atoms with van der Waals surface area (Å²) in [6.45, 7) is 4.38. The second-order valence-corrected chi connectivity index (χ2v) is 6.71. The Morgan fingerprint density at radius 1 is 0.821 bits per heavy atom. The van der Waals surface area contributed by atoms with Crippen LogP contribution in [0.4, 0.5) is 23.3 Å². The molecule has 1 aliphatic rings. The molecule has 6 nitrogen and oxygen atoms in total. The van der Waals surface area contributed by atoms with Gasteiger partial charge in [0.15, 0.2) is 0 Å². The van der Waals surface area contributed by atoms with Crippen LogP contribution in [0.3, 0.4) is 0 Å². The summed E-state index contributed by atoms with van der Waals surface area (Å²) >= 11 is 0. The fraction of sp³-hybridized carbons (Fsp3) is 0.318. The predicted molar refractivity (Wildman–Crippen MR) is 112 cm³/mol. The molecule has 0 atom stereocenters. The molecule has 0 bridgehead atoms. The minimum atomic E-state index is 0.366. The number of ether oxygens (including phenoxy) is 1. The summed E-state index contributed by atoms with van der Waals surface area (Å²) in [6.07, 6.45) is 3.57. The first-order valence-electron chi connectivity index (χ1n) is 9.89. The second-order valence-electron chi connectivity index (χ2n) is 6.71. The molecule has 0 spiro atoms. The lowest BCUT2D eigenvalue weighted by Crippen LogP contribution is -2.31. The van der Waals surface area contributed by atoms with Gasteiger partial charge in [0, 0.05) is 24.5 Å². The molecule has 6 heteroatoms. The molecule has 2 heterocycles. The molecule has 28 heavy (non-hydrogen) atoms. The van der Waals surface area contributed by atoms with E-state index in [0.29, 0.717) is 24.5 Å². The highest BCUT2D eigenvalue weighted by Crippen LogP contribution is 2.33. The minimum absolute atomic E-state index is 0.366. The third-order valence-corrected chi connectivity index (χ3v) is 4.73. The predicted octanol–water partition coefficient (Wildman–Crippen LogP) is 4.73. The van der Waals surface area contributed by atoms with Gasteiger partial charge in [0.2, 0.25) is 11.9 Å². The van der Waals surface area contributed by atoms with Crippen molar-refractivity contribution in [1.29, 1.82) is 0 Å². The Balaban J connectivity index is 1.81. The molecule has 1 aromatic heterocycles. The molecule has 2 aromatic carbocycles. The average Bonchev–Trinajstić information content (AvgIpc) is 2.76. The smallest absolute Gasteiger partial charge is 0.323 e. The maximum atomic E-state index is 5.68. The van der Waals surface area contributed by atoms with E-state index < -0.39 is 0 Å². The van der Waals surface area contributed by atoms with Crippen molar-refractivity contribution in [1.82, 2.24) is 15.0 Å². The van der Waals surface area contributed by atoms with Gasteiger partial charge in [-0.15, -0.1) is 0 Å². The molecule has 3 aromatic rings. The Hall–Kier alpha value is -3.15. The number of nitrogens with zero attached hydrogens (tertiary/aromatic N) is 5. The maximum Gasteiger partial charge on any atom is 0.323 e. The van der Waals surface area contributed by atoms with Gasteiger partial charge in [-0.3, -0.25) is 4.90 Å². The first kappa shape index (κ1) is 18.2. The van der Waals surface area contributed by atoms with E-state index in [4.69, 9.17) is 9.72 Å². The van der Waals surface area contributed by atoms with Crippen LogP contribution in [0.1, 0.15) is 26.2 Å². The van der Waals surface area contributed by atoms with Gasteiger partial charge in [-0.1, -0.05) is 36.4 Å². The van der Waals surface area contributed by atoms with E-state index in [-0.39, 0.29) is 0 Å². The van der Waals surface area contributed by atoms with Crippen molar-refractivity contribution in [3.63, 3.8) is 0 Å². The average molecular weight is 375 g/mol. The van der Waals surface area contributed by atoms with Gasteiger partial charge in [0.25, 0.3) is 0 Å². The molecule has 1 fully saturated rings. The Morgan fingerprint density at radius 3 is 2.00 bits per heavy atom. The highest BCUT2D eigenvalue weighted by atomic mass is 16.5. The summed E-state index contributed by atoms with van der Waals surface area (Å²) < 4.78 is 5.68. The van der Waals surface area contributed by atoms with Crippen molar-refractivity contribution in [3.05, 3.63) is 60.7 Å². The van der Waals surface area contributed by atoms with Crippen LogP contribution in [-0.2, 0) is 0 Å². The minimum Gasteiger partial charge on any atom is -0.464 e. The first-order chi connectivity index (χ1) is 13.8. The summed E-state index contributed by atoms with van der Waals surface area (Å²) in [4.78, 5) is 18.3. The zero-order valence-corrected chi connectivity index (χ0v) is 16.2. The summed E-state index contributed by atoms with van der Waals surface area (Å²) in [6, 6.07) is 20.6. The fourth-order valence-electron chi connectivity index (χ4n) is 3.40. The number of aromatic nitrogens is 3. The molecule has 1 aliphatic heterocycles. The molecule has 0 unspecified atom stereocenters. The summed E-state index contributed by atoms with van der Waals surface area (Å²) in [5.74, 6) is 1.25. The Bertz CT molecular complexity index is 842. The molecular formula is C22H25N5O. The van der Waals surface area contributed by atoms with Gasteiger partial charge < -0.3 is 9.64 Å². The molecular weight excluding hydrogens is 350 g/mol. The van der Waals surface area contributed by atoms with Gasteiger partial charge in [-0.05, 0) is 50.5 Å². The number of piperidine rings is 1. The van der Waals surface area contributed by atoms with Crippen LogP contribution in [0, 0.1) is 0 Å². The van der Waals surface area contributed by atoms with Gasteiger partial charge in [0.05, 0.1) is 6.61 Å². The van der Waals surface area contributed by atoms with Crippen molar-refractivity contribution in [2.75, 3.05) is 29.5 Å². The van der Waals surface area contributed by atoms with E-state index in [1.807, 2.05) is 48.2 Å². The Labute approximate surface area is 165 Å². The number of hydrogen-bond donors (Lipinski definition) is 0. The molecule has 0 amide bonds. The van der Waals surface area contributed by atoms with Gasteiger partial charge in [-0.2, -0.15) is 15.0 Å². The van der Waals surface area contributed by atoms with Crippen molar-refractivity contribution in [3.8, 4) is 6.01 Å². The van der Waals surface area contributed by atoms with Crippen LogP contribution < -0.4 is 14.5 Å². The first-order valence-corrected chi connectivity index (χ1v) is 9.89. The van der Waals surface area contributed by atoms with Crippen molar-refractivity contribution in [2.45, 2.75) is 26.2 Å². The summed E-state index contributed by atoms with van der Waals surface area (Å²) in [7, 11) is 0. The highest BCUT2D eigenvalue weighted by molar-refractivity contribution is 5.72. The van der Waals surface area contributed by atoms with Crippen LogP contribution in [0.15, 0.2) is 60.7 Å². The van der Waals surface area contributed by atoms with Crippen LogP contribution in [0.5, 0.6) is 6.01 Å². The lowest BCUT2D eigenvalue weighted by molar-refractivity contribution is 0.311. The van der Waals surface area contributed by atoms with E-state index >= 15 is 0 Å². The van der Waals surface area contributed by atoms with Crippen LogP contribution in [0.25, 0.3) is 0 Å². The van der Waals surface area contributed by atoms with Gasteiger partial charge >= 0.3 is 6.01 Å². The monoisotopic (exact) mass is 375 g/mol. The Kier molecular flexibility index (Phi) is 5.66. The zero-order chi connectivity index (χ0) is 19.2. The number of para-hydroxylation sites is 2. The van der Waals surface area contributed by atoms with E-state index in [9.17, 15) is 0 Å². The number of rotatable bonds is 6. The molecule has 4 rings (SSSR count). The number of benzene rings is 2. The van der Waals surface area contributed by atoms with Crippen molar-refractivity contribution >= 4 is 23.3 Å². The molecule has 0 aliphatic carbocycles. The standard InChI is InChI=1S/C22H25N5O/c1-2-28-22-24-20(26-16-10-5-11-17-26)23-21(25-22)27(18-12-6-3-7-13-18)19-14-8-4-9-15-19/h3-4,6-9,12-15H,2,5,10-11,16-17H2,1H3.